The van der Waals surface area contributed by atoms with Crippen molar-refractivity contribution >= 4 is 10.1 Å². The Kier molecular flexibility index (Phi) is 5.08. The normalized spacial score (nSPS) is 49.6. The lowest BCUT2D eigenvalue weighted by atomic mass is 9.66. The van der Waals surface area contributed by atoms with Crippen molar-refractivity contribution in [1.82, 2.24) is 0 Å². The Labute approximate surface area is 197 Å². The molecule has 7 unspecified atom stereocenters. The van der Waals surface area contributed by atoms with Gasteiger partial charge < -0.3 is 18.9 Å². The number of ether oxygens (including phenoxy) is 4. The maximum Gasteiger partial charge on any atom is 0.271 e. The van der Waals surface area contributed by atoms with E-state index in [2.05, 4.69) is 0 Å². The molecule has 7 atom stereocenters. The Morgan fingerprint density at radius 2 is 1.45 bits per heavy atom. The van der Waals surface area contributed by atoms with E-state index >= 15 is 0 Å². The van der Waals surface area contributed by atoms with Crippen LogP contribution in [0.3, 0.4) is 0 Å². The third kappa shape index (κ3) is 3.27. The third-order valence-electron chi connectivity index (χ3n) is 10.2. The SMILES string of the molecule is O=S1(=O)OC2(C3CCOC4(CCCC4)O3)CC3CC2C1C3C1CCCC2(C1)OCCCCO2. The van der Waals surface area contributed by atoms with Crippen molar-refractivity contribution < 1.29 is 31.5 Å². The van der Waals surface area contributed by atoms with Gasteiger partial charge in [0.05, 0.1) is 31.2 Å². The van der Waals surface area contributed by atoms with E-state index in [0.717, 1.165) is 96.7 Å². The standard InChI is InChI=1S/C25H38O7S/c26-33(27)22-19-14-18(21(22)17-6-5-10-24(15-17)28-11-3-4-12-29-24)16-25(19,32-33)20-7-13-30-23(31-20)8-1-2-9-23/h17-22H,1-16H2. The molecule has 0 N–H and O–H groups in total. The average molecular weight is 483 g/mol. The Bertz CT molecular complexity index is 875. The molecule has 0 amide bonds. The van der Waals surface area contributed by atoms with Crippen molar-refractivity contribution in [3.8, 4) is 0 Å². The summed E-state index contributed by atoms with van der Waals surface area (Å²) in [5.74, 6) is -0.0948. The molecular formula is C25H38O7S. The topological polar surface area (TPSA) is 80.3 Å². The second kappa shape index (κ2) is 7.62. The minimum Gasteiger partial charge on any atom is -0.350 e. The summed E-state index contributed by atoms with van der Waals surface area (Å²) in [6.45, 7) is 2.14. The molecule has 2 bridgehead atoms. The van der Waals surface area contributed by atoms with Crippen LogP contribution in [0.5, 0.6) is 0 Å². The fraction of sp³-hybridized carbons (Fsp3) is 1.00. The van der Waals surface area contributed by atoms with Crippen molar-refractivity contribution in [3.05, 3.63) is 0 Å². The zero-order valence-corrected chi connectivity index (χ0v) is 20.4. The number of fused-ring (bicyclic) bond motifs is 1. The Hall–Kier alpha value is -0.250. The monoisotopic (exact) mass is 482 g/mol. The Morgan fingerprint density at radius 1 is 0.727 bits per heavy atom. The summed E-state index contributed by atoms with van der Waals surface area (Å²) in [6, 6.07) is 0. The molecule has 7 nitrogen and oxygen atoms in total. The lowest BCUT2D eigenvalue weighted by Gasteiger charge is -2.48. The fourth-order valence-corrected chi connectivity index (χ4v) is 11.5. The third-order valence-corrected chi connectivity index (χ3v) is 12.1. The van der Waals surface area contributed by atoms with E-state index in [1.807, 2.05) is 0 Å². The van der Waals surface area contributed by atoms with Gasteiger partial charge in [0.15, 0.2) is 11.6 Å². The van der Waals surface area contributed by atoms with Crippen molar-refractivity contribution in [1.29, 1.82) is 0 Å². The molecule has 0 aromatic rings. The molecule has 7 fully saturated rings. The molecule has 7 aliphatic rings. The average Bonchev–Trinajstić information content (AvgIpc) is 3.48. The van der Waals surface area contributed by atoms with Crippen LogP contribution >= 0.6 is 0 Å². The molecule has 4 aliphatic carbocycles. The molecule has 4 saturated carbocycles. The van der Waals surface area contributed by atoms with Gasteiger partial charge in [-0.05, 0) is 69.1 Å². The first-order valence-corrected chi connectivity index (χ1v) is 15.0. The largest absolute Gasteiger partial charge is 0.350 e. The van der Waals surface area contributed by atoms with Gasteiger partial charge in [0, 0.05) is 38.0 Å². The lowest BCUT2D eigenvalue weighted by Crippen LogP contribution is -2.56. The summed E-state index contributed by atoms with van der Waals surface area (Å²) in [5.41, 5.74) is -0.675. The van der Waals surface area contributed by atoms with E-state index < -0.39 is 32.5 Å². The Balaban J connectivity index is 1.16. The van der Waals surface area contributed by atoms with Gasteiger partial charge in [0.25, 0.3) is 10.1 Å². The van der Waals surface area contributed by atoms with E-state index in [0.29, 0.717) is 18.4 Å². The molecule has 3 aliphatic heterocycles. The summed E-state index contributed by atoms with van der Waals surface area (Å²) in [5, 5.41) is -0.395. The predicted octanol–water partition coefficient (Wildman–Crippen LogP) is 3.90. The molecular weight excluding hydrogens is 444 g/mol. The van der Waals surface area contributed by atoms with E-state index in [9.17, 15) is 8.42 Å². The van der Waals surface area contributed by atoms with Gasteiger partial charge >= 0.3 is 0 Å². The highest BCUT2D eigenvalue weighted by molar-refractivity contribution is 7.87. The number of hydrogen-bond donors (Lipinski definition) is 0. The van der Waals surface area contributed by atoms with Crippen molar-refractivity contribution in [3.63, 3.8) is 0 Å². The van der Waals surface area contributed by atoms with Crippen LogP contribution in [-0.2, 0) is 33.2 Å². The highest BCUT2D eigenvalue weighted by Gasteiger charge is 2.75. The van der Waals surface area contributed by atoms with Crippen LogP contribution < -0.4 is 0 Å². The first-order valence-electron chi connectivity index (χ1n) is 13.5. The summed E-state index contributed by atoms with van der Waals surface area (Å²) < 4.78 is 58.5. The first-order chi connectivity index (χ1) is 15.9. The summed E-state index contributed by atoms with van der Waals surface area (Å²) >= 11 is 0. The molecule has 33 heavy (non-hydrogen) atoms. The summed E-state index contributed by atoms with van der Waals surface area (Å²) in [6.07, 6.45) is 12.3. The number of hydrogen-bond acceptors (Lipinski definition) is 7. The van der Waals surface area contributed by atoms with Crippen molar-refractivity contribution in [2.75, 3.05) is 19.8 Å². The predicted molar refractivity (Wildman–Crippen MR) is 119 cm³/mol. The van der Waals surface area contributed by atoms with Gasteiger partial charge in [-0.15, -0.1) is 0 Å². The summed E-state index contributed by atoms with van der Waals surface area (Å²) in [4.78, 5) is 0. The van der Waals surface area contributed by atoms with E-state index in [1.165, 1.54) is 0 Å². The fourth-order valence-electron chi connectivity index (χ4n) is 9.06. The molecule has 0 aromatic carbocycles. The van der Waals surface area contributed by atoms with Crippen LogP contribution in [0.15, 0.2) is 0 Å². The minimum atomic E-state index is -3.62. The van der Waals surface area contributed by atoms with Gasteiger partial charge in [-0.1, -0.05) is 0 Å². The van der Waals surface area contributed by atoms with Crippen LogP contribution in [0.4, 0.5) is 0 Å². The number of rotatable bonds is 2. The molecule has 0 aromatic heterocycles. The Morgan fingerprint density at radius 3 is 2.24 bits per heavy atom. The minimum absolute atomic E-state index is 0.0490. The molecule has 3 heterocycles. The molecule has 0 radical (unpaired) electrons. The van der Waals surface area contributed by atoms with Crippen molar-refractivity contribution in [2.45, 2.75) is 112 Å². The zero-order valence-electron chi connectivity index (χ0n) is 19.5. The van der Waals surface area contributed by atoms with Crippen LogP contribution in [0, 0.1) is 23.7 Å². The van der Waals surface area contributed by atoms with E-state index in [-0.39, 0.29) is 17.9 Å². The zero-order chi connectivity index (χ0) is 22.3. The van der Waals surface area contributed by atoms with Crippen LogP contribution in [0.25, 0.3) is 0 Å². The molecule has 2 spiro atoms. The maximum absolute atomic E-state index is 13.5. The van der Waals surface area contributed by atoms with Gasteiger partial charge in [0.1, 0.15) is 5.60 Å². The molecule has 186 valence electrons. The molecule has 3 saturated heterocycles. The van der Waals surface area contributed by atoms with Crippen molar-refractivity contribution in [2.24, 2.45) is 23.7 Å². The van der Waals surface area contributed by atoms with Crippen LogP contribution in [0.2, 0.25) is 0 Å². The van der Waals surface area contributed by atoms with Crippen LogP contribution in [-0.4, -0.2) is 56.8 Å². The molecule has 7 rings (SSSR count). The second-order valence-electron chi connectivity index (χ2n) is 11.9. The lowest BCUT2D eigenvalue weighted by molar-refractivity contribution is -0.316. The first kappa shape index (κ1) is 22.0. The molecule has 8 heteroatoms. The van der Waals surface area contributed by atoms with Crippen LogP contribution in [0.1, 0.15) is 83.5 Å². The maximum atomic E-state index is 13.5. The highest BCUT2D eigenvalue weighted by Crippen LogP contribution is 2.68. The quantitative estimate of drug-likeness (QED) is 0.552. The van der Waals surface area contributed by atoms with Gasteiger partial charge in [-0.2, -0.15) is 8.42 Å². The summed E-state index contributed by atoms with van der Waals surface area (Å²) in [7, 11) is -3.62. The van der Waals surface area contributed by atoms with Gasteiger partial charge in [0.2, 0.25) is 0 Å². The van der Waals surface area contributed by atoms with E-state index in [1.54, 1.807) is 0 Å². The van der Waals surface area contributed by atoms with Gasteiger partial charge in [-0.25, -0.2) is 0 Å². The van der Waals surface area contributed by atoms with E-state index in [4.69, 9.17) is 23.1 Å². The van der Waals surface area contributed by atoms with Gasteiger partial charge in [-0.3, -0.25) is 4.18 Å². The smallest absolute Gasteiger partial charge is 0.271 e. The highest BCUT2D eigenvalue weighted by atomic mass is 32.2. The second-order valence-corrected chi connectivity index (χ2v) is 13.6.